The van der Waals surface area contributed by atoms with Crippen LogP contribution in [-0.4, -0.2) is 43.7 Å². The van der Waals surface area contributed by atoms with E-state index in [-0.39, 0.29) is 32.1 Å². The van der Waals surface area contributed by atoms with Crippen LogP contribution >= 0.6 is 11.6 Å². The lowest BCUT2D eigenvalue weighted by molar-refractivity contribution is -0.126. The Labute approximate surface area is 205 Å². The topological polar surface area (TPSA) is 180 Å². The van der Waals surface area contributed by atoms with Gasteiger partial charge in [0, 0.05) is 21.5 Å². The van der Waals surface area contributed by atoms with E-state index in [0.29, 0.717) is 5.56 Å². The van der Waals surface area contributed by atoms with E-state index in [1.165, 1.54) is 31.2 Å². The molecule has 0 spiro atoms. The second-order valence-corrected chi connectivity index (χ2v) is 10.6. The van der Waals surface area contributed by atoms with Crippen LogP contribution in [0.25, 0.3) is 10.8 Å². The molecule has 0 aliphatic rings. The number of rotatable bonds is 7. The first-order valence-corrected chi connectivity index (χ1v) is 12.9. The molecule has 0 fully saturated rings. The average Bonchev–Trinajstić information content (AvgIpc) is 2.74. The maximum Gasteiger partial charge on any atom is 0.296 e. The van der Waals surface area contributed by atoms with Gasteiger partial charge in [0.25, 0.3) is 26.1 Å². The first-order chi connectivity index (χ1) is 16.2. The number of ketones is 1. The van der Waals surface area contributed by atoms with Crippen molar-refractivity contribution in [1.29, 1.82) is 0 Å². The van der Waals surface area contributed by atoms with Gasteiger partial charge in [-0.3, -0.25) is 18.7 Å². The van der Waals surface area contributed by atoms with Crippen molar-refractivity contribution in [2.45, 2.75) is 29.7 Å². The molecule has 3 aromatic rings. The summed E-state index contributed by atoms with van der Waals surface area (Å²) >= 11 is 6.00. The summed E-state index contributed by atoms with van der Waals surface area (Å²) < 4.78 is 65.7. The van der Waals surface area contributed by atoms with E-state index >= 15 is 0 Å². The van der Waals surface area contributed by atoms with Gasteiger partial charge in [-0.25, -0.2) is 0 Å². The number of amides is 1. The highest BCUT2D eigenvalue weighted by atomic mass is 35.5. The summed E-state index contributed by atoms with van der Waals surface area (Å²) in [6.45, 7) is 2.57. The third-order valence-corrected chi connectivity index (χ3v) is 7.05. The summed E-state index contributed by atoms with van der Waals surface area (Å²) in [5.74, 6) is -1.69. The van der Waals surface area contributed by atoms with Gasteiger partial charge in [0.2, 0.25) is 6.04 Å². The van der Waals surface area contributed by atoms with Crippen molar-refractivity contribution in [1.82, 2.24) is 0 Å². The molecule has 14 heteroatoms. The Bertz CT molecular complexity index is 1600. The lowest BCUT2D eigenvalue weighted by Gasteiger charge is -2.13. The van der Waals surface area contributed by atoms with Crippen LogP contribution in [-0.2, 0) is 29.8 Å². The van der Waals surface area contributed by atoms with Crippen molar-refractivity contribution in [2.24, 2.45) is 10.2 Å². The molecular formula is C21H18ClN3O8S2. The molecule has 0 aliphatic carbocycles. The number of carbonyl (C=O) groups excluding carboxylic acids is 2. The maximum atomic E-state index is 12.9. The van der Waals surface area contributed by atoms with Crippen LogP contribution in [0.4, 0.5) is 11.4 Å². The Morgan fingerprint density at radius 3 is 2.11 bits per heavy atom. The van der Waals surface area contributed by atoms with Crippen LogP contribution in [0.5, 0.6) is 0 Å². The molecule has 0 saturated heterocycles. The molecule has 11 nitrogen and oxygen atoms in total. The molecule has 1 atom stereocenters. The van der Waals surface area contributed by atoms with Gasteiger partial charge in [0.05, 0.1) is 0 Å². The Balaban J connectivity index is 2.01. The number of nitrogens with zero attached hydrogens (tertiary/aromatic N) is 2. The van der Waals surface area contributed by atoms with Crippen molar-refractivity contribution < 1.29 is 35.5 Å². The number of aryl methyl sites for hydroxylation is 1. The van der Waals surface area contributed by atoms with E-state index in [2.05, 4.69) is 15.5 Å². The molecule has 0 bridgehead atoms. The molecule has 3 aromatic carbocycles. The molecule has 3 N–H and O–H groups in total. The molecular weight excluding hydrogens is 522 g/mol. The van der Waals surface area contributed by atoms with E-state index < -0.39 is 42.9 Å². The summed E-state index contributed by atoms with van der Waals surface area (Å²) in [6.07, 6.45) is 0. The molecule has 0 aliphatic heterocycles. The van der Waals surface area contributed by atoms with Crippen LogP contribution in [0.15, 0.2) is 68.6 Å². The number of benzene rings is 3. The van der Waals surface area contributed by atoms with E-state index in [1.807, 2.05) is 0 Å². The van der Waals surface area contributed by atoms with E-state index in [4.69, 9.17) is 11.6 Å². The van der Waals surface area contributed by atoms with Crippen LogP contribution in [0.2, 0.25) is 5.02 Å². The zero-order valence-corrected chi connectivity index (χ0v) is 20.5. The average molecular weight is 540 g/mol. The van der Waals surface area contributed by atoms with Crippen LogP contribution in [0.1, 0.15) is 12.5 Å². The first kappa shape index (κ1) is 26.4. The summed E-state index contributed by atoms with van der Waals surface area (Å²) in [6, 6.07) is 8.81. The largest absolute Gasteiger partial charge is 0.323 e. The van der Waals surface area contributed by atoms with Gasteiger partial charge < -0.3 is 5.32 Å². The number of nitrogens with one attached hydrogen (secondary N) is 1. The first-order valence-electron chi connectivity index (χ1n) is 9.69. The number of Topliss-reactive ketones (excluding diaryl/α,β-unsaturated/α-hetero) is 1. The summed E-state index contributed by atoms with van der Waals surface area (Å²) in [5.41, 5.74) is 0.0703. The minimum atomic E-state index is -4.72. The molecule has 3 rings (SSSR count). The number of carbonyl (C=O) groups is 2. The highest BCUT2D eigenvalue weighted by Gasteiger charge is 2.26. The van der Waals surface area contributed by atoms with Crippen molar-refractivity contribution in [3.63, 3.8) is 0 Å². The minimum Gasteiger partial charge on any atom is -0.323 e. The number of hydrogen-bond acceptors (Lipinski definition) is 8. The van der Waals surface area contributed by atoms with Crippen molar-refractivity contribution >= 4 is 65.7 Å². The van der Waals surface area contributed by atoms with E-state index in [9.17, 15) is 35.5 Å². The normalized spacial score (nSPS) is 13.2. The van der Waals surface area contributed by atoms with Gasteiger partial charge in [0.15, 0.2) is 5.78 Å². The fourth-order valence-corrected chi connectivity index (χ4v) is 4.72. The predicted molar refractivity (Wildman–Crippen MR) is 127 cm³/mol. The Morgan fingerprint density at radius 2 is 1.54 bits per heavy atom. The van der Waals surface area contributed by atoms with Crippen LogP contribution in [0, 0.1) is 6.92 Å². The Morgan fingerprint density at radius 1 is 0.943 bits per heavy atom. The highest BCUT2D eigenvalue weighted by molar-refractivity contribution is 7.86. The molecule has 0 aromatic heterocycles. The standard InChI is InChI=1S/C21H18ClN3O8S2/c1-11-9-19(35(31,32)33)17(10-15(11)22)24-25-20(12(2)26)21(27)23-16-7-8-18(34(28,29)30)14-6-4-3-5-13(14)16/h3-10,20H,1-2H3,(H,23,27)(H,28,29,30)(H,31,32,33). The third kappa shape index (κ3) is 5.89. The minimum absolute atomic E-state index is 0.112. The van der Waals surface area contributed by atoms with Crippen molar-refractivity contribution in [3.05, 3.63) is 59.1 Å². The molecule has 184 valence electrons. The van der Waals surface area contributed by atoms with Crippen molar-refractivity contribution in [2.75, 3.05) is 5.32 Å². The fourth-order valence-electron chi connectivity index (χ4n) is 3.17. The molecule has 1 amide bonds. The SMILES string of the molecule is CC(=O)C(N=Nc1cc(Cl)c(C)cc1S(=O)(=O)O)C(=O)Nc1ccc(S(=O)(=O)O)c2ccccc12. The van der Waals surface area contributed by atoms with Gasteiger partial charge >= 0.3 is 0 Å². The quantitative estimate of drug-likeness (QED) is 0.229. The molecule has 1 unspecified atom stereocenters. The monoisotopic (exact) mass is 539 g/mol. The lowest BCUT2D eigenvalue weighted by atomic mass is 10.1. The zero-order valence-electron chi connectivity index (χ0n) is 18.1. The number of fused-ring (bicyclic) bond motifs is 1. The second-order valence-electron chi connectivity index (χ2n) is 7.39. The third-order valence-electron chi connectivity index (χ3n) is 4.85. The van der Waals surface area contributed by atoms with Gasteiger partial charge in [-0.15, -0.1) is 0 Å². The number of hydrogen-bond donors (Lipinski definition) is 3. The second kappa shape index (κ2) is 9.79. The summed E-state index contributed by atoms with van der Waals surface area (Å²) in [7, 11) is -9.26. The fraction of sp³-hybridized carbons (Fsp3) is 0.143. The highest BCUT2D eigenvalue weighted by Crippen LogP contribution is 2.32. The van der Waals surface area contributed by atoms with Crippen LogP contribution in [0.3, 0.4) is 0 Å². The molecule has 0 heterocycles. The summed E-state index contributed by atoms with van der Waals surface area (Å²) in [4.78, 5) is 24.0. The van der Waals surface area contributed by atoms with Gasteiger partial charge in [-0.2, -0.15) is 27.1 Å². The lowest BCUT2D eigenvalue weighted by Crippen LogP contribution is -2.31. The molecule has 0 radical (unpaired) electrons. The molecule has 0 saturated carbocycles. The predicted octanol–water partition coefficient (Wildman–Crippen LogP) is 3.98. The van der Waals surface area contributed by atoms with Crippen LogP contribution < -0.4 is 5.32 Å². The number of halogens is 1. The zero-order chi connectivity index (χ0) is 26.1. The Hall–Kier alpha value is -3.23. The molecule has 35 heavy (non-hydrogen) atoms. The van der Waals surface area contributed by atoms with Gasteiger partial charge in [-0.05, 0) is 43.7 Å². The maximum absolute atomic E-state index is 12.9. The summed E-state index contributed by atoms with van der Waals surface area (Å²) in [5, 5.41) is 10.3. The Kier molecular flexibility index (Phi) is 7.38. The number of anilines is 1. The van der Waals surface area contributed by atoms with E-state index in [0.717, 1.165) is 25.1 Å². The van der Waals surface area contributed by atoms with Gasteiger partial charge in [0.1, 0.15) is 15.5 Å². The van der Waals surface area contributed by atoms with Crippen molar-refractivity contribution in [3.8, 4) is 0 Å². The van der Waals surface area contributed by atoms with Gasteiger partial charge in [-0.1, -0.05) is 35.9 Å². The van der Waals surface area contributed by atoms with E-state index in [1.54, 1.807) is 6.07 Å². The number of azo groups is 1. The smallest absolute Gasteiger partial charge is 0.296 e.